The normalized spacial score (nSPS) is 14.6. The van der Waals surface area contributed by atoms with Gasteiger partial charge >= 0.3 is 0 Å². The van der Waals surface area contributed by atoms with Crippen LogP contribution in [-0.2, 0) is 12.8 Å². The molecular formula is C70H66N2O2. The third-order valence-corrected chi connectivity index (χ3v) is 16.9. The summed E-state index contributed by atoms with van der Waals surface area (Å²) in [5.74, 6) is 0.928. The monoisotopic (exact) mass is 967 g/mol. The molecule has 4 nitrogen and oxygen atoms in total. The smallest absolute Gasteiger partial charge is 0.159 e. The second-order valence-electron chi connectivity index (χ2n) is 21.3. The molecule has 11 aromatic rings. The van der Waals surface area contributed by atoms with Crippen LogP contribution in [0.3, 0.4) is 0 Å². The van der Waals surface area contributed by atoms with E-state index in [-0.39, 0.29) is 0 Å². The van der Waals surface area contributed by atoms with Crippen LogP contribution in [0.4, 0.5) is 28.4 Å². The van der Waals surface area contributed by atoms with Crippen LogP contribution in [-0.4, -0.2) is 0 Å². The molecule has 0 amide bonds. The number of unbranched alkanes of at least 4 members (excludes halogenated alkanes) is 2. The first kappa shape index (κ1) is 46.2. The van der Waals surface area contributed by atoms with Gasteiger partial charge in [-0.15, -0.1) is 0 Å². The molecule has 0 bridgehead atoms. The van der Waals surface area contributed by atoms with E-state index in [9.17, 15) is 0 Å². The zero-order valence-electron chi connectivity index (χ0n) is 43.5. The minimum Gasteiger partial charge on any atom is -0.454 e. The Bertz CT molecular complexity index is 3980. The molecule has 2 aliphatic carbocycles. The van der Waals surface area contributed by atoms with Crippen molar-refractivity contribution >= 4 is 106 Å². The van der Waals surface area contributed by atoms with Crippen LogP contribution in [0.25, 0.3) is 77.2 Å². The molecule has 2 heterocycles. The van der Waals surface area contributed by atoms with Crippen LogP contribution in [0, 0.1) is 0 Å². The fourth-order valence-electron chi connectivity index (χ4n) is 12.9. The largest absolute Gasteiger partial charge is 0.454 e. The molecule has 74 heavy (non-hydrogen) atoms. The van der Waals surface area contributed by atoms with Crippen LogP contribution in [0.2, 0.25) is 0 Å². The van der Waals surface area contributed by atoms with Gasteiger partial charge in [-0.25, -0.2) is 0 Å². The number of fused-ring (bicyclic) bond motifs is 6. The van der Waals surface area contributed by atoms with E-state index >= 15 is 0 Å². The Labute approximate surface area is 435 Å². The van der Waals surface area contributed by atoms with Gasteiger partial charge in [0.15, 0.2) is 11.2 Å². The quantitative estimate of drug-likeness (QED) is 0.102. The van der Waals surface area contributed by atoms with Gasteiger partial charge in [0, 0.05) is 43.9 Å². The molecule has 0 N–H and O–H groups in total. The Kier molecular flexibility index (Phi) is 12.1. The molecule has 9 aromatic carbocycles. The maximum absolute atomic E-state index is 7.25. The number of nitrogens with zero attached hydrogens (tertiary/aromatic N) is 2. The van der Waals surface area contributed by atoms with E-state index in [1.165, 1.54) is 117 Å². The SMILES string of the molecule is CCCCCC(C)c1cccc2c1oc1c(N(C3=CCC=c4ccc5c(N(c6ccc(CC)cc6)c6cccc7c6oc6c(C8CCCCC8)cccc67)ccc6ccc3c4c65)c3ccc(CC)cc3)cccc12. The zero-order chi connectivity index (χ0) is 49.9. The Balaban J connectivity index is 1.01. The van der Waals surface area contributed by atoms with Gasteiger partial charge in [0.2, 0.25) is 0 Å². The Morgan fingerprint density at radius 2 is 1.11 bits per heavy atom. The van der Waals surface area contributed by atoms with Crippen LogP contribution in [0.1, 0.15) is 132 Å². The molecule has 4 heteroatoms. The maximum atomic E-state index is 7.25. The first-order valence-electron chi connectivity index (χ1n) is 27.9. The predicted octanol–water partition coefficient (Wildman–Crippen LogP) is 20.2. The van der Waals surface area contributed by atoms with E-state index in [1.54, 1.807) is 0 Å². The number of para-hydroxylation sites is 4. The summed E-state index contributed by atoms with van der Waals surface area (Å²) in [5.41, 5.74) is 17.0. The van der Waals surface area contributed by atoms with Crippen molar-refractivity contribution in [1.82, 2.24) is 0 Å². The summed E-state index contributed by atoms with van der Waals surface area (Å²) in [4.78, 5) is 4.95. The van der Waals surface area contributed by atoms with E-state index in [0.717, 1.165) is 92.9 Å². The van der Waals surface area contributed by atoms with Crippen molar-refractivity contribution in [3.05, 3.63) is 197 Å². The second-order valence-corrected chi connectivity index (χ2v) is 21.3. The van der Waals surface area contributed by atoms with Crippen molar-refractivity contribution in [3.8, 4) is 0 Å². The van der Waals surface area contributed by atoms with Gasteiger partial charge in [-0.2, -0.15) is 0 Å². The average molecular weight is 967 g/mol. The lowest BCUT2D eigenvalue weighted by Crippen LogP contribution is -2.17. The van der Waals surface area contributed by atoms with Gasteiger partial charge in [0.05, 0.1) is 22.8 Å². The highest BCUT2D eigenvalue weighted by atomic mass is 16.3. The maximum Gasteiger partial charge on any atom is 0.159 e. The molecule has 1 unspecified atom stereocenters. The molecule has 0 radical (unpaired) electrons. The first-order chi connectivity index (χ1) is 36.5. The van der Waals surface area contributed by atoms with E-state index in [4.69, 9.17) is 8.83 Å². The summed E-state index contributed by atoms with van der Waals surface area (Å²) < 4.78 is 14.5. The van der Waals surface area contributed by atoms with E-state index < -0.39 is 0 Å². The minimum absolute atomic E-state index is 0.399. The molecule has 0 spiro atoms. The molecule has 1 fully saturated rings. The summed E-state index contributed by atoms with van der Waals surface area (Å²) >= 11 is 0. The highest BCUT2D eigenvalue weighted by molar-refractivity contribution is 6.21. The topological polar surface area (TPSA) is 32.8 Å². The van der Waals surface area contributed by atoms with Gasteiger partial charge in [-0.05, 0) is 136 Å². The number of anilines is 5. The number of aryl methyl sites for hydroxylation is 2. The first-order valence-corrected chi connectivity index (χ1v) is 27.9. The van der Waals surface area contributed by atoms with E-state index in [2.05, 4.69) is 207 Å². The van der Waals surface area contributed by atoms with Crippen LogP contribution in [0.5, 0.6) is 0 Å². The minimum atomic E-state index is 0.399. The third kappa shape index (κ3) is 7.79. The highest BCUT2D eigenvalue weighted by Crippen LogP contribution is 2.50. The van der Waals surface area contributed by atoms with Crippen molar-refractivity contribution in [2.24, 2.45) is 0 Å². The third-order valence-electron chi connectivity index (χ3n) is 16.9. The molecule has 13 rings (SSSR count). The Morgan fingerprint density at radius 1 is 0.500 bits per heavy atom. The number of rotatable bonds is 14. The van der Waals surface area contributed by atoms with Crippen molar-refractivity contribution < 1.29 is 8.83 Å². The Hall–Kier alpha value is -7.56. The van der Waals surface area contributed by atoms with E-state index in [1.807, 2.05) is 0 Å². The number of allylic oxidation sites excluding steroid dienone is 1. The molecule has 0 aliphatic heterocycles. The van der Waals surface area contributed by atoms with E-state index in [0.29, 0.717) is 11.8 Å². The average Bonchev–Trinajstić information content (AvgIpc) is 4.03. The standard InChI is InChI=1S/C70H66N2O2/c1-5-8-10-18-45(4)53-22-14-24-55-57-26-16-29-63(69(57)73-67(53)55)71(51-38-31-46(6-2)32-39-51)61-28-13-21-49-35-42-60-62(44-37-50-36-43-59(61)65(49)66(50)60)72(52-40-33-47(7-3)34-41-52)64-30-17-27-58-56-25-15-23-54(68(56)74-70(58)64)48-19-11-9-12-20-48/h14-17,21-45,48H,5-13,18-20H2,1-4H3. The van der Waals surface area contributed by atoms with Gasteiger partial charge in [0.25, 0.3) is 0 Å². The summed E-state index contributed by atoms with van der Waals surface area (Å²) in [6.07, 6.45) is 18.8. The number of hydrogen-bond donors (Lipinski definition) is 0. The van der Waals surface area contributed by atoms with Gasteiger partial charge in [0.1, 0.15) is 11.2 Å². The summed E-state index contributed by atoms with van der Waals surface area (Å²) in [6, 6.07) is 59.5. The zero-order valence-corrected chi connectivity index (χ0v) is 43.5. The van der Waals surface area contributed by atoms with Crippen LogP contribution < -0.4 is 15.0 Å². The number of benzene rings is 9. The fourth-order valence-corrected chi connectivity index (χ4v) is 12.9. The van der Waals surface area contributed by atoms with Crippen LogP contribution in [0.15, 0.2) is 173 Å². The second kappa shape index (κ2) is 19.4. The fraction of sp³-hybridized carbons (Fsp3) is 0.257. The van der Waals surface area contributed by atoms with Gasteiger partial charge < -0.3 is 18.6 Å². The number of hydrogen-bond acceptors (Lipinski definition) is 4. The van der Waals surface area contributed by atoms with Crippen molar-refractivity contribution in [2.75, 3.05) is 9.80 Å². The van der Waals surface area contributed by atoms with Crippen molar-refractivity contribution in [3.63, 3.8) is 0 Å². The number of furan rings is 2. The molecular weight excluding hydrogens is 901 g/mol. The molecule has 1 atom stereocenters. The summed E-state index contributed by atoms with van der Waals surface area (Å²) in [7, 11) is 0. The lowest BCUT2D eigenvalue weighted by atomic mass is 9.83. The molecule has 1 saturated carbocycles. The predicted molar refractivity (Wildman–Crippen MR) is 315 cm³/mol. The molecule has 0 saturated heterocycles. The Morgan fingerprint density at radius 3 is 1.80 bits per heavy atom. The van der Waals surface area contributed by atoms with Crippen molar-refractivity contribution in [2.45, 2.75) is 117 Å². The summed E-state index contributed by atoms with van der Waals surface area (Å²) in [5, 5.41) is 10.9. The van der Waals surface area contributed by atoms with Gasteiger partial charge in [-0.3, -0.25) is 0 Å². The van der Waals surface area contributed by atoms with Crippen molar-refractivity contribution in [1.29, 1.82) is 0 Å². The summed E-state index contributed by atoms with van der Waals surface area (Å²) in [6.45, 7) is 9.12. The highest BCUT2D eigenvalue weighted by Gasteiger charge is 2.29. The molecule has 2 aromatic heterocycles. The lowest BCUT2D eigenvalue weighted by molar-refractivity contribution is 0.442. The molecule has 2 aliphatic rings. The van der Waals surface area contributed by atoms with Gasteiger partial charge in [-0.1, -0.05) is 194 Å². The van der Waals surface area contributed by atoms with Crippen LogP contribution >= 0.6 is 0 Å². The lowest BCUT2D eigenvalue weighted by Gasteiger charge is -2.30. The molecule has 368 valence electrons.